The molecule has 0 bridgehead atoms. The number of fused-ring (bicyclic) bond motifs is 1. The van der Waals surface area contributed by atoms with Crippen molar-refractivity contribution < 1.29 is 9.26 Å². The normalized spacial score (nSPS) is 11.3. The molecule has 26 heavy (non-hydrogen) atoms. The van der Waals surface area contributed by atoms with Crippen molar-refractivity contribution in [1.82, 2.24) is 15.1 Å². The van der Waals surface area contributed by atoms with Crippen LogP contribution in [0.3, 0.4) is 0 Å². The zero-order valence-corrected chi connectivity index (χ0v) is 14.6. The maximum Gasteiger partial charge on any atom is 0.258 e. The van der Waals surface area contributed by atoms with E-state index in [0.717, 1.165) is 22.0 Å². The lowest BCUT2D eigenvalue weighted by atomic mass is 10.1. The number of benzene rings is 2. The summed E-state index contributed by atoms with van der Waals surface area (Å²) in [6, 6.07) is 17.1. The molecule has 0 aliphatic carbocycles. The van der Waals surface area contributed by atoms with Crippen LogP contribution >= 0.6 is 11.6 Å². The van der Waals surface area contributed by atoms with Crippen LogP contribution in [-0.4, -0.2) is 22.2 Å². The van der Waals surface area contributed by atoms with E-state index < -0.39 is 0 Å². The monoisotopic (exact) mass is 363 g/mol. The van der Waals surface area contributed by atoms with Crippen molar-refractivity contribution >= 4 is 34.7 Å². The molecule has 0 radical (unpaired) electrons. The predicted octanol–water partition coefficient (Wildman–Crippen LogP) is 5.12. The lowest BCUT2D eigenvalue weighted by Crippen LogP contribution is -1.92. The highest BCUT2D eigenvalue weighted by atomic mass is 35.5. The Morgan fingerprint density at radius 2 is 1.88 bits per heavy atom. The first-order chi connectivity index (χ1) is 12.7. The minimum absolute atomic E-state index is 0.413. The number of hydrogen-bond acceptors (Lipinski definition) is 5. The van der Waals surface area contributed by atoms with Crippen LogP contribution in [0.15, 0.2) is 59.1 Å². The number of methoxy groups -OCH3 is 1. The summed E-state index contributed by atoms with van der Waals surface area (Å²) in [6.45, 7) is 0. The molecule has 0 saturated heterocycles. The molecule has 0 N–H and O–H groups in total. The number of aromatic nitrogens is 3. The minimum atomic E-state index is 0.413. The fourth-order valence-corrected chi connectivity index (χ4v) is 2.79. The largest absolute Gasteiger partial charge is 0.481 e. The molecule has 2 aromatic carbocycles. The number of para-hydroxylation sites is 1. The van der Waals surface area contributed by atoms with Crippen molar-refractivity contribution in [3.63, 3.8) is 0 Å². The third-order valence-electron chi connectivity index (χ3n) is 3.84. The van der Waals surface area contributed by atoms with Gasteiger partial charge in [0.2, 0.25) is 5.88 Å². The quantitative estimate of drug-likeness (QED) is 0.503. The Morgan fingerprint density at radius 3 is 2.73 bits per heavy atom. The van der Waals surface area contributed by atoms with Crippen molar-refractivity contribution in [3.05, 3.63) is 71.0 Å². The Hall–Kier alpha value is -3.18. The van der Waals surface area contributed by atoms with Gasteiger partial charge in [-0.2, -0.15) is 4.98 Å². The van der Waals surface area contributed by atoms with E-state index in [1.165, 1.54) is 0 Å². The van der Waals surface area contributed by atoms with Crippen LogP contribution in [0, 0.1) is 0 Å². The highest BCUT2D eigenvalue weighted by Gasteiger charge is 2.08. The number of nitrogens with zero attached hydrogens (tertiary/aromatic N) is 3. The number of hydrogen-bond donors (Lipinski definition) is 0. The van der Waals surface area contributed by atoms with Gasteiger partial charge < -0.3 is 9.26 Å². The van der Waals surface area contributed by atoms with Gasteiger partial charge in [-0.25, -0.2) is 4.98 Å². The molecule has 6 heteroatoms. The zero-order valence-electron chi connectivity index (χ0n) is 13.9. The van der Waals surface area contributed by atoms with Gasteiger partial charge in [-0.3, -0.25) is 0 Å². The second-order valence-electron chi connectivity index (χ2n) is 5.58. The molecule has 2 heterocycles. The first-order valence-electron chi connectivity index (χ1n) is 7.94. The fourth-order valence-electron chi connectivity index (χ4n) is 2.60. The maximum absolute atomic E-state index is 6.00. The Morgan fingerprint density at radius 1 is 1.00 bits per heavy atom. The Bertz CT molecular complexity index is 1110. The van der Waals surface area contributed by atoms with Crippen molar-refractivity contribution in [2.24, 2.45) is 0 Å². The second-order valence-corrected chi connectivity index (χ2v) is 6.02. The molecule has 0 atom stereocenters. The lowest BCUT2D eigenvalue weighted by molar-refractivity contribution is 0.398. The molecule has 0 unspecified atom stereocenters. The molecule has 0 aliphatic heterocycles. The lowest BCUT2D eigenvalue weighted by Gasteiger charge is -2.05. The molecule has 4 aromatic rings. The third-order valence-corrected chi connectivity index (χ3v) is 4.07. The Kier molecular flexibility index (Phi) is 4.37. The Balaban J connectivity index is 1.65. The van der Waals surface area contributed by atoms with E-state index in [1.54, 1.807) is 25.3 Å². The van der Waals surface area contributed by atoms with Crippen LogP contribution in [-0.2, 0) is 0 Å². The third kappa shape index (κ3) is 3.30. The maximum atomic E-state index is 6.00. The van der Waals surface area contributed by atoms with E-state index in [4.69, 9.17) is 20.9 Å². The average molecular weight is 364 g/mol. The Labute approximate surface area is 154 Å². The van der Waals surface area contributed by atoms with E-state index in [2.05, 4.69) is 15.1 Å². The molecule has 0 fully saturated rings. The van der Waals surface area contributed by atoms with Crippen LogP contribution in [0.4, 0.5) is 0 Å². The van der Waals surface area contributed by atoms with Gasteiger partial charge in [0.15, 0.2) is 5.82 Å². The summed E-state index contributed by atoms with van der Waals surface area (Å²) >= 11 is 6.00. The van der Waals surface area contributed by atoms with Gasteiger partial charge in [0.05, 0.1) is 12.6 Å². The van der Waals surface area contributed by atoms with Crippen LogP contribution in [0.5, 0.6) is 5.88 Å². The van der Waals surface area contributed by atoms with Crippen LogP contribution < -0.4 is 4.74 Å². The summed E-state index contributed by atoms with van der Waals surface area (Å²) in [4.78, 5) is 8.89. The topological polar surface area (TPSA) is 61.0 Å². The van der Waals surface area contributed by atoms with E-state index in [0.29, 0.717) is 22.6 Å². The molecule has 0 spiro atoms. The zero-order chi connectivity index (χ0) is 17.9. The van der Waals surface area contributed by atoms with Crippen molar-refractivity contribution in [2.45, 2.75) is 0 Å². The number of ether oxygens (including phenoxy) is 1. The average Bonchev–Trinajstić information content (AvgIpc) is 3.14. The molecule has 0 amide bonds. The van der Waals surface area contributed by atoms with Crippen molar-refractivity contribution in [3.8, 4) is 17.3 Å². The summed E-state index contributed by atoms with van der Waals surface area (Å²) in [5, 5.41) is 5.62. The number of halogens is 1. The summed E-state index contributed by atoms with van der Waals surface area (Å²) in [6.07, 6.45) is 3.61. The molecule has 4 rings (SSSR count). The fraction of sp³-hybridized carbons (Fsp3) is 0.0500. The summed E-state index contributed by atoms with van der Waals surface area (Å²) in [5.41, 5.74) is 2.49. The molecule has 0 aliphatic rings. The minimum Gasteiger partial charge on any atom is -0.481 e. The number of pyridine rings is 1. The molecule has 128 valence electrons. The molecule has 0 saturated carbocycles. The molecular formula is C20H14ClN3O2. The molecule has 2 aromatic heterocycles. The first-order valence-corrected chi connectivity index (χ1v) is 8.32. The van der Waals surface area contributed by atoms with Crippen molar-refractivity contribution in [2.75, 3.05) is 7.11 Å². The van der Waals surface area contributed by atoms with Gasteiger partial charge in [-0.1, -0.05) is 41.0 Å². The summed E-state index contributed by atoms with van der Waals surface area (Å²) in [5.74, 6) is 1.41. The smallest absolute Gasteiger partial charge is 0.258 e. The van der Waals surface area contributed by atoms with E-state index >= 15 is 0 Å². The van der Waals surface area contributed by atoms with Gasteiger partial charge in [-0.15, -0.1) is 0 Å². The highest BCUT2D eigenvalue weighted by Crippen LogP contribution is 2.25. The van der Waals surface area contributed by atoms with Crippen molar-refractivity contribution in [1.29, 1.82) is 0 Å². The first kappa shape index (κ1) is 16.3. The van der Waals surface area contributed by atoms with Crippen LogP contribution in [0.25, 0.3) is 34.5 Å². The SMILES string of the molecule is COc1nc2ccccc2cc1/C=C/c1noc(-c2cccc(Cl)c2)n1. The van der Waals surface area contributed by atoms with E-state index in [9.17, 15) is 0 Å². The van der Waals surface area contributed by atoms with Crippen LogP contribution in [0.2, 0.25) is 5.02 Å². The molecule has 5 nitrogen and oxygen atoms in total. The number of rotatable bonds is 4. The van der Waals surface area contributed by atoms with Crippen LogP contribution in [0.1, 0.15) is 11.4 Å². The van der Waals surface area contributed by atoms with E-state index in [1.807, 2.05) is 48.5 Å². The standard InChI is InChI=1S/C20H14ClN3O2/c1-25-19-15(11-13-5-2-3-8-17(13)22-19)9-10-18-23-20(26-24-18)14-6-4-7-16(21)12-14/h2-12H,1H3/b10-9+. The summed E-state index contributed by atoms with van der Waals surface area (Å²) in [7, 11) is 1.60. The van der Waals surface area contributed by atoms with Gasteiger partial charge in [0.25, 0.3) is 5.89 Å². The van der Waals surface area contributed by atoms with Gasteiger partial charge in [0.1, 0.15) is 0 Å². The van der Waals surface area contributed by atoms with Gasteiger partial charge in [0, 0.05) is 21.5 Å². The van der Waals surface area contributed by atoms with Gasteiger partial charge >= 0.3 is 0 Å². The molecular weight excluding hydrogens is 350 g/mol. The second kappa shape index (κ2) is 6.98. The highest BCUT2D eigenvalue weighted by molar-refractivity contribution is 6.30. The summed E-state index contributed by atoms with van der Waals surface area (Å²) < 4.78 is 10.7. The van der Waals surface area contributed by atoms with Gasteiger partial charge in [-0.05, 0) is 42.5 Å². The van der Waals surface area contributed by atoms with E-state index in [-0.39, 0.29) is 0 Å². The predicted molar refractivity (Wildman–Crippen MR) is 102 cm³/mol.